The molecule has 6 nitrogen and oxygen atoms in total. The summed E-state index contributed by atoms with van der Waals surface area (Å²) in [7, 11) is 0. The van der Waals surface area contributed by atoms with Gasteiger partial charge in [0.05, 0.1) is 11.4 Å². The van der Waals surface area contributed by atoms with Gasteiger partial charge in [-0.1, -0.05) is 42.5 Å². The van der Waals surface area contributed by atoms with Gasteiger partial charge in [-0.15, -0.1) is 0 Å². The molecule has 6 heteroatoms. The van der Waals surface area contributed by atoms with Crippen molar-refractivity contribution >= 4 is 23.4 Å². The average Bonchev–Trinajstić information content (AvgIpc) is 3.16. The summed E-state index contributed by atoms with van der Waals surface area (Å²) in [4.78, 5) is 27.2. The maximum atomic E-state index is 13.4. The van der Waals surface area contributed by atoms with Gasteiger partial charge in [0.2, 0.25) is 5.91 Å². The fraction of sp³-hybridized carbons (Fsp3) is 0.185. The highest BCUT2D eigenvalue weighted by atomic mass is 16.6. The molecule has 2 aliphatic rings. The van der Waals surface area contributed by atoms with Gasteiger partial charge in [0.15, 0.2) is 5.75 Å². The fourth-order valence-corrected chi connectivity index (χ4v) is 4.42. The average molecular weight is 440 g/mol. The van der Waals surface area contributed by atoms with E-state index in [0.29, 0.717) is 29.1 Å². The normalized spacial score (nSPS) is 13.9. The van der Waals surface area contributed by atoms with Gasteiger partial charge in [0.1, 0.15) is 11.9 Å². The van der Waals surface area contributed by atoms with Crippen molar-refractivity contribution in [2.24, 2.45) is 5.73 Å². The smallest absolute Gasteiger partial charge is 0.419 e. The van der Waals surface area contributed by atoms with E-state index in [1.165, 1.54) is 4.90 Å². The number of nitrogens with zero attached hydrogens (tertiary/aromatic N) is 1. The van der Waals surface area contributed by atoms with Crippen molar-refractivity contribution < 1.29 is 19.1 Å². The lowest BCUT2D eigenvalue weighted by molar-refractivity contribution is 0.0597. The van der Waals surface area contributed by atoms with E-state index in [-0.39, 0.29) is 0 Å². The summed E-state index contributed by atoms with van der Waals surface area (Å²) in [6.07, 6.45) is 1.67. The zero-order valence-corrected chi connectivity index (χ0v) is 18.7. The first-order valence-corrected chi connectivity index (χ1v) is 10.8. The van der Waals surface area contributed by atoms with Crippen molar-refractivity contribution in [1.82, 2.24) is 0 Å². The molecule has 1 aliphatic carbocycles. The predicted molar refractivity (Wildman–Crippen MR) is 127 cm³/mol. The number of fused-ring (bicyclic) bond motifs is 4. The van der Waals surface area contributed by atoms with Crippen molar-refractivity contribution in [3.05, 3.63) is 89.2 Å². The van der Waals surface area contributed by atoms with Crippen LogP contribution in [0, 0.1) is 0 Å². The molecule has 0 aromatic heterocycles. The molecule has 0 unspecified atom stereocenters. The van der Waals surface area contributed by atoms with Crippen LogP contribution in [0.5, 0.6) is 5.75 Å². The van der Waals surface area contributed by atoms with E-state index in [4.69, 9.17) is 15.2 Å². The summed E-state index contributed by atoms with van der Waals surface area (Å²) in [6.45, 7) is 5.49. The van der Waals surface area contributed by atoms with Crippen LogP contribution in [0.2, 0.25) is 0 Å². The molecule has 0 saturated heterocycles. The standard InChI is InChI=1S/C27H24N2O4/c1-27(2,3)33-26(31)29-21-10-6-7-11-23(21)32-15-22(29)18-12-13-19(25(28)30)24-17-9-5-4-8-16(17)14-20(18)24/h4-13,15H,14H2,1-3H3,(H2,28,30). The maximum absolute atomic E-state index is 13.4. The van der Waals surface area contributed by atoms with Crippen LogP contribution in [0.1, 0.15) is 47.8 Å². The Hall–Kier alpha value is -4.06. The topological polar surface area (TPSA) is 81.9 Å². The van der Waals surface area contributed by atoms with E-state index in [1.807, 2.05) is 69.3 Å². The summed E-state index contributed by atoms with van der Waals surface area (Å²) in [5.74, 6) is 0.0681. The number of carbonyl (C=O) groups excluding carboxylic acids is 2. The van der Waals surface area contributed by atoms with E-state index in [1.54, 1.807) is 18.4 Å². The molecule has 0 fully saturated rings. The third-order valence-electron chi connectivity index (χ3n) is 5.73. The number of primary amides is 1. The Balaban J connectivity index is 1.70. The highest BCUT2D eigenvalue weighted by Gasteiger charge is 2.35. The van der Waals surface area contributed by atoms with Crippen molar-refractivity contribution in [2.45, 2.75) is 32.8 Å². The summed E-state index contributed by atoms with van der Waals surface area (Å²) >= 11 is 0. The van der Waals surface area contributed by atoms with Gasteiger partial charge in [-0.05, 0) is 67.6 Å². The Kier molecular flexibility index (Phi) is 4.74. The number of carbonyl (C=O) groups is 2. The molecule has 33 heavy (non-hydrogen) atoms. The number of hydrogen-bond donors (Lipinski definition) is 1. The van der Waals surface area contributed by atoms with Crippen molar-refractivity contribution in [2.75, 3.05) is 4.90 Å². The zero-order valence-electron chi connectivity index (χ0n) is 18.7. The number of rotatable bonds is 2. The second-order valence-corrected chi connectivity index (χ2v) is 9.12. The van der Waals surface area contributed by atoms with E-state index in [2.05, 4.69) is 0 Å². The number of ether oxygens (including phenoxy) is 2. The summed E-state index contributed by atoms with van der Waals surface area (Å²) in [5.41, 5.74) is 11.2. The Labute approximate surface area is 192 Å². The van der Waals surface area contributed by atoms with Gasteiger partial charge in [-0.2, -0.15) is 0 Å². The fourth-order valence-electron chi connectivity index (χ4n) is 4.42. The second-order valence-electron chi connectivity index (χ2n) is 9.12. The number of anilines is 1. The molecule has 2 N–H and O–H groups in total. The molecule has 1 heterocycles. The number of para-hydroxylation sites is 2. The lowest BCUT2D eigenvalue weighted by atomic mass is 9.93. The lowest BCUT2D eigenvalue weighted by Crippen LogP contribution is -2.37. The SMILES string of the molecule is CC(C)(C)OC(=O)N1C(c2ccc(C(N)=O)c3c2Cc2ccccc2-3)=COc2ccccc21. The monoisotopic (exact) mass is 440 g/mol. The van der Waals surface area contributed by atoms with Crippen LogP contribution in [0.15, 0.2) is 66.9 Å². The first-order chi connectivity index (χ1) is 15.7. The molecule has 0 atom stereocenters. The Morgan fingerprint density at radius 1 is 0.970 bits per heavy atom. The third-order valence-corrected chi connectivity index (χ3v) is 5.73. The van der Waals surface area contributed by atoms with Gasteiger partial charge in [0, 0.05) is 11.1 Å². The van der Waals surface area contributed by atoms with E-state index in [9.17, 15) is 9.59 Å². The molecule has 5 rings (SSSR count). The predicted octanol–water partition coefficient (Wildman–Crippen LogP) is 5.49. The minimum absolute atomic E-state index is 0.459. The van der Waals surface area contributed by atoms with Crippen LogP contribution >= 0.6 is 0 Å². The van der Waals surface area contributed by atoms with Gasteiger partial charge >= 0.3 is 6.09 Å². The largest absolute Gasteiger partial charge is 0.461 e. The van der Waals surface area contributed by atoms with Crippen LogP contribution in [0.25, 0.3) is 16.8 Å². The minimum atomic E-state index is -0.677. The molecule has 2 amide bonds. The highest BCUT2D eigenvalue weighted by Crippen LogP contribution is 2.46. The van der Waals surface area contributed by atoms with E-state index < -0.39 is 17.6 Å². The van der Waals surface area contributed by atoms with Crippen LogP contribution in [0.4, 0.5) is 10.5 Å². The van der Waals surface area contributed by atoms with Gasteiger partial charge in [-0.25, -0.2) is 9.69 Å². The van der Waals surface area contributed by atoms with Crippen LogP contribution in [-0.4, -0.2) is 17.6 Å². The third kappa shape index (κ3) is 3.53. The molecular formula is C27H24N2O4. The summed E-state index contributed by atoms with van der Waals surface area (Å²) < 4.78 is 11.7. The number of hydrogen-bond acceptors (Lipinski definition) is 4. The Morgan fingerprint density at radius 2 is 1.70 bits per heavy atom. The van der Waals surface area contributed by atoms with Crippen molar-refractivity contribution in [1.29, 1.82) is 0 Å². The summed E-state index contributed by atoms with van der Waals surface area (Å²) in [5, 5.41) is 0. The van der Waals surface area contributed by atoms with Crippen LogP contribution in [-0.2, 0) is 11.2 Å². The zero-order chi connectivity index (χ0) is 23.3. The molecular weight excluding hydrogens is 416 g/mol. The minimum Gasteiger partial charge on any atom is -0.461 e. The molecule has 0 spiro atoms. The van der Waals surface area contributed by atoms with Crippen LogP contribution < -0.4 is 15.4 Å². The molecule has 3 aromatic rings. The van der Waals surface area contributed by atoms with Gasteiger partial charge < -0.3 is 15.2 Å². The number of benzene rings is 3. The number of nitrogens with two attached hydrogens (primary N) is 1. The van der Waals surface area contributed by atoms with Gasteiger partial charge in [-0.3, -0.25) is 4.79 Å². The van der Waals surface area contributed by atoms with Crippen LogP contribution in [0.3, 0.4) is 0 Å². The maximum Gasteiger partial charge on any atom is 0.419 e. The summed E-state index contributed by atoms with van der Waals surface area (Å²) in [6, 6.07) is 18.8. The van der Waals surface area contributed by atoms with E-state index >= 15 is 0 Å². The quantitative estimate of drug-likeness (QED) is 0.447. The number of amides is 2. The van der Waals surface area contributed by atoms with E-state index in [0.717, 1.165) is 27.8 Å². The molecule has 3 aromatic carbocycles. The van der Waals surface area contributed by atoms with Gasteiger partial charge in [0.25, 0.3) is 0 Å². The molecule has 166 valence electrons. The second kappa shape index (κ2) is 7.52. The molecule has 0 bridgehead atoms. The van der Waals surface area contributed by atoms with Crippen molar-refractivity contribution in [3.63, 3.8) is 0 Å². The van der Waals surface area contributed by atoms with Crippen molar-refractivity contribution in [3.8, 4) is 16.9 Å². The Morgan fingerprint density at radius 3 is 2.45 bits per heavy atom. The molecule has 1 aliphatic heterocycles. The first-order valence-electron chi connectivity index (χ1n) is 10.8. The first kappa shape index (κ1) is 20.8. The molecule has 0 radical (unpaired) electrons. The lowest BCUT2D eigenvalue weighted by Gasteiger charge is -2.33. The Bertz CT molecular complexity index is 1330. The molecule has 0 saturated carbocycles. The highest BCUT2D eigenvalue weighted by molar-refractivity contribution is 6.08.